The molecule has 1 amide bonds. The van der Waals surface area contributed by atoms with Gasteiger partial charge in [-0.25, -0.2) is 0 Å². The van der Waals surface area contributed by atoms with E-state index in [-0.39, 0.29) is 12.0 Å². The maximum atomic E-state index is 12.6. The molecule has 1 fully saturated rings. The maximum Gasteiger partial charge on any atom is 0.272 e. The van der Waals surface area contributed by atoms with E-state index in [0.717, 1.165) is 44.1 Å². The van der Waals surface area contributed by atoms with Gasteiger partial charge in [-0.2, -0.15) is 0 Å². The zero-order valence-corrected chi connectivity index (χ0v) is 14.7. The average molecular weight is 353 g/mol. The second-order valence-corrected chi connectivity index (χ2v) is 6.66. The molecule has 0 bridgehead atoms. The maximum absolute atomic E-state index is 12.6. The summed E-state index contributed by atoms with van der Waals surface area (Å²) in [5.41, 5.74) is 0.515. The van der Waals surface area contributed by atoms with Crippen LogP contribution in [0.5, 0.6) is 11.5 Å². The highest BCUT2D eigenvalue weighted by Gasteiger charge is 2.26. The standard InChI is InChI=1S/C20H23N3O3/c24-20(17-6-3-4-9-21-17)23-11-5-10-22(12-13-23)14-16-15-25-18-7-1-2-8-19(18)26-16/h1-4,6-9,16H,5,10-15H2. The molecule has 6 nitrogen and oxygen atoms in total. The van der Waals surface area contributed by atoms with Crippen molar-refractivity contribution in [1.29, 1.82) is 0 Å². The Morgan fingerprint density at radius 2 is 1.88 bits per heavy atom. The molecular weight excluding hydrogens is 330 g/mol. The van der Waals surface area contributed by atoms with Crippen molar-refractivity contribution in [2.45, 2.75) is 12.5 Å². The van der Waals surface area contributed by atoms with Crippen LogP contribution in [0.25, 0.3) is 0 Å². The Bertz CT molecular complexity index is 753. The lowest BCUT2D eigenvalue weighted by Gasteiger charge is -2.30. The first-order chi connectivity index (χ1) is 12.8. The van der Waals surface area contributed by atoms with Crippen LogP contribution in [0.2, 0.25) is 0 Å². The van der Waals surface area contributed by atoms with Gasteiger partial charge in [-0.05, 0) is 30.7 Å². The fourth-order valence-corrected chi connectivity index (χ4v) is 3.45. The van der Waals surface area contributed by atoms with Crippen LogP contribution >= 0.6 is 0 Å². The Morgan fingerprint density at radius 1 is 1.04 bits per heavy atom. The lowest BCUT2D eigenvalue weighted by Crippen LogP contribution is -2.42. The van der Waals surface area contributed by atoms with Crippen LogP contribution in [-0.4, -0.2) is 66.1 Å². The number of fused-ring (bicyclic) bond motifs is 1. The monoisotopic (exact) mass is 353 g/mol. The van der Waals surface area contributed by atoms with Crippen LogP contribution in [-0.2, 0) is 0 Å². The second kappa shape index (κ2) is 7.74. The van der Waals surface area contributed by atoms with E-state index < -0.39 is 0 Å². The molecule has 1 atom stereocenters. The number of carbonyl (C=O) groups is 1. The molecule has 3 heterocycles. The molecule has 0 radical (unpaired) electrons. The lowest BCUT2D eigenvalue weighted by atomic mass is 10.2. The number of hydrogen-bond acceptors (Lipinski definition) is 5. The Kier molecular flexibility index (Phi) is 5.02. The summed E-state index contributed by atoms with van der Waals surface area (Å²) in [4.78, 5) is 21.0. The van der Waals surface area contributed by atoms with Gasteiger partial charge in [0.25, 0.3) is 5.91 Å². The number of ether oxygens (including phenoxy) is 2. The third-order valence-corrected chi connectivity index (χ3v) is 4.79. The summed E-state index contributed by atoms with van der Waals surface area (Å²) in [5.74, 6) is 1.64. The summed E-state index contributed by atoms with van der Waals surface area (Å²) in [6.45, 7) is 4.62. The van der Waals surface area contributed by atoms with Crippen molar-refractivity contribution in [1.82, 2.24) is 14.8 Å². The number of rotatable bonds is 3. The van der Waals surface area contributed by atoms with E-state index in [9.17, 15) is 4.79 Å². The average Bonchev–Trinajstić information content (AvgIpc) is 2.93. The predicted molar refractivity (Wildman–Crippen MR) is 97.6 cm³/mol. The smallest absolute Gasteiger partial charge is 0.272 e. The largest absolute Gasteiger partial charge is 0.486 e. The highest BCUT2D eigenvalue weighted by atomic mass is 16.6. The summed E-state index contributed by atoms with van der Waals surface area (Å²) in [5, 5.41) is 0. The third-order valence-electron chi connectivity index (χ3n) is 4.79. The molecule has 0 N–H and O–H groups in total. The minimum Gasteiger partial charge on any atom is -0.486 e. The number of carbonyl (C=O) groups excluding carboxylic acids is 1. The summed E-state index contributed by atoms with van der Waals surface area (Å²) in [6.07, 6.45) is 2.63. The molecular formula is C20H23N3O3. The Labute approximate surface area is 153 Å². The summed E-state index contributed by atoms with van der Waals surface area (Å²) < 4.78 is 11.9. The number of amides is 1. The summed E-state index contributed by atoms with van der Waals surface area (Å²) in [7, 11) is 0. The van der Waals surface area contributed by atoms with Crippen molar-refractivity contribution in [3.05, 3.63) is 54.4 Å². The van der Waals surface area contributed by atoms with Gasteiger partial charge in [-0.3, -0.25) is 14.7 Å². The molecule has 0 saturated carbocycles. The van der Waals surface area contributed by atoms with E-state index in [4.69, 9.17) is 9.47 Å². The molecule has 2 aliphatic heterocycles. The summed E-state index contributed by atoms with van der Waals surface area (Å²) >= 11 is 0. The molecule has 2 aromatic rings. The zero-order valence-electron chi connectivity index (χ0n) is 14.7. The predicted octanol–water partition coefficient (Wildman–Crippen LogP) is 2.07. The van der Waals surface area contributed by atoms with E-state index in [1.807, 2.05) is 41.3 Å². The lowest BCUT2D eigenvalue weighted by molar-refractivity contribution is 0.0587. The molecule has 0 aliphatic carbocycles. The van der Waals surface area contributed by atoms with Gasteiger partial charge in [-0.15, -0.1) is 0 Å². The van der Waals surface area contributed by atoms with E-state index in [1.54, 1.807) is 12.3 Å². The van der Waals surface area contributed by atoms with E-state index in [2.05, 4.69) is 9.88 Å². The van der Waals surface area contributed by atoms with Gasteiger partial charge in [0.15, 0.2) is 11.5 Å². The van der Waals surface area contributed by atoms with Crippen LogP contribution in [0.15, 0.2) is 48.7 Å². The molecule has 136 valence electrons. The van der Waals surface area contributed by atoms with Gasteiger partial charge < -0.3 is 14.4 Å². The van der Waals surface area contributed by atoms with Crippen LogP contribution < -0.4 is 9.47 Å². The summed E-state index contributed by atoms with van der Waals surface area (Å²) in [6, 6.07) is 13.2. The van der Waals surface area contributed by atoms with Crippen LogP contribution in [0.3, 0.4) is 0 Å². The van der Waals surface area contributed by atoms with Crippen LogP contribution in [0.4, 0.5) is 0 Å². The molecule has 1 unspecified atom stereocenters. The van der Waals surface area contributed by atoms with Gasteiger partial charge >= 0.3 is 0 Å². The minimum absolute atomic E-state index is 0.0126. The van der Waals surface area contributed by atoms with E-state index in [1.165, 1.54) is 0 Å². The first-order valence-corrected chi connectivity index (χ1v) is 9.11. The molecule has 26 heavy (non-hydrogen) atoms. The molecule has 1 aromatic heterocycles. The second-order valence-electron chi connectivity index (χ2n) is 6.66. The van der Waals surface area contributed by atoms with Gasteiger partial charge in [0.2, 0.25) is 0 Å². The number of benzene rings is 1. The van der Waals surface area contributed by atoms with Crippen molar-refractivity contribution >= 4 is 5.91 Å². The fourth-order valence-electron chi connectivity index (χ4n) is 3.45. The van der Waals surface area contributed by atoms with E-state index >= 15 is 0 Å². The van der Waals surface area contributed by atoms with Crippen LogP contribution in [0.1, 0.15) is 16.9 Å². The molecule has 2 aliphatic rings. The van der Waals surface area contributed by atoms with Crippen molar-refractivity contribution < 1.29 is 14.3 Å². The molecule has 6 heteroatoms. The van der Waals surface area contributed by atoms with Crippen LogP contribution in [0, 0.1) is 0 Å². The van der Waals surface area contributed by atoms with Gasteiger partial charge in [0.05, 0.1) is 0 Å². The van der Waals surface area contributed by atoms with Crippen molar-refractivity contribution in [2.75, 3.05) is 39.3 Å². The Hall–Kier alpha value is -2.60. The topological polar surface area (TPSA) is 54.9 Å². The highest BCUT2D eigenvalue weighted by molar-refractivity contribution is 5.92. The number of aromatic nitrogens is 1. The van der Waals surface area contributed by atoms with Gasteiger partial charge in [0.1, 0.15) is 18.4 Å². The fraction of sp³-hybridized carbons (Fsp3) is 0.400. The van der Waals surface area contributed by atoms with Crippen molar-refractivity contribution in [3.63, 3.8) is 0 Å². The van der Waals surface area contributed by atoms with Crippen molar-refractivity contribution in [3.8, 4) is 11.5 Å². The first kappa shape index (κ1) is 16.8. The highest BCUT2D eigenvalue weighted by Crippen LogP contribution is 2.31. The van der Waals surface area contributed by atoms with E-state index in [0.29, 0.717) is 18.8 Å². The minimum atomic E-state index is 0.0126. The number of para-hydroxylation sites is 2. The SMILES string of the molecule is O=C(c1ccccn1)N1CCCN(CC2COc3ccccc3O2)CC1. The number of pyridine rings is 1. The molecule has 0 spiro atoms. The third kappa shape index (κ3) is 3.80. The molecule has 4 rings (SSSR count). The first-order valence-electron chi connectivity index (χ1n) is 9.11. The van der Waals surface area contributed by atoms with Crippen molar-refractivity contribution in [2.24, 2.45) is 0 Å². The number of nitrogens with zero attached hydrogens (tertiary/aromatic N) is 3. The molecule has 1 aromatic carbocycles. The Balaban J connectivity index is 1.32. The van der Waals surface area contributed by atoms with Gasteiger partial charge in [-0.1, -0.05) is 18.2 Å². The molecule has 1 saturated heterocycles. The zero-order chi connectivity index (χ0) is 17.8. The van der Waals surface area contributed by atoms with Gasteiger partial charge in [0, 0.05) is 38.9 Å². The normalized spacial score (nSPS) is 20.5. The Morgan fingerprint density at radius 3 is 2.73 bits per heavy atom. The number of hydrogen-bond donors (Lipinski definition) is 0. The quantitative estimate of drug-likeness (QED) is 0.846.